The number of nitrogens with one attached hydrogen (secondary N) is 1. The Kier molecular flexibility index (Phi) is 1.79. The van der Waals surface area contributed by atoms with Crippen molar-refractivity contribution in [3.8, 4) is 0 Å². The topological polar surface area (TPSA) is 12.0 Å². The molecule has 1 heteroatoms. The maximum Gasteiger partial charge on any atom is 0.0208 e. The summed E-state index contributed by atoms with van der Waals surface area (Å²) < 4.78 is 0. The van der Waals surface area contributed by atoms with Gasteiger partial charge in [-0.05, 0) is 66.7 Å². The molecule has 1 unspecified atom stereocenters. The predicted octanol–water partition coefficient (Wildman–Crippen LogP) is 2.99. The molecule has 3 aliphatic rings. The van der Waals surface area contributed by atoms with Crippen LogP contribution in [-0.2, 0) is 13.0 Å². The molecule has 0 amide bonds. The standard InChI is InChI=1S/C15H19N/c1-2-11-8-15(5-6-15)9-12-4-7-16-10-13(3-1)14(11)12/h1-3,12,16H,4-10H2. The van der Waals surface area contributed by atoms with Crippen molar-refractivity contribution in [3.05, 3.63) is 34.9 Å². The highest BCUT2D eigenvalue weighted by Crippen LogP contribution is 2.59. The van der Waals surface area contributed by atoms with Gasteiger partial charge in [0.1, 0.15) is 0 Å². The smallest absolute Gasteiger partial charge is 0.0208 e. The van der Waals surface area contributed by atoms with Crippen LogP contribution >= 0.6 is 0 Å². The second-order valence-electron chi connectivity index (χ2n) is 6.03. The Morgan fingerprint density at radius 3 is 2.94 bits per heavy atom. The normalized spacial score (nSPS) is 29.6. The lowest BCUT2D eigenvalue weighted by atomic mass is 9.72. The SMILES string of the molecule is c1cc2c3c(c1)CC1(CC1)CC3CCNC2. The van der Waals surface area contributed by atoms with Gasteiger partial charge < -0.3 is 5.32 Å². The van der Waals surface area contributed by atoms with Crippen LogP contribution in [0.3, 0.4) is 0 Å². The summed E-state index contributed by atoms with van der Waals surface area (Å²) in [5.41, 5.74) is 5.72. The third-order valence-electron chi connectivity index (χ3n) is 4.88. The van der Waals surface area contributed by atoms with Crippen molar-refractivity contribution in [2.24, 2.45) is 5.41 Å². The first-order valence-corrected chi connectivity index (χ1v) is 6.68. The first-order chi connectivity index (χ1) is 7.86. The van der Waals surface area contributed by atoms with Crippen molar-refractivity contribution in [3.63, 3.8) is 0 Å². The van der Waals surface area contributed by atoms with Crippen molar-refractivity contribution >= 4 is 0 Å². The van der Waals surface area contributed by atoms with E-state index in [-0.39, 0.29) is 0 Å². The highest BCUT2D eigenvalue weighted by molar-refractivity contribution is 5.42. The van der Waals surface area contributed by atoms with E-state index in [1.807, 2.05) is 0 Å². The molecule has 0 bridgehead atoms. The Bertz CT molecular complexity index is 431. The van der Waals surface area contributed by atoms with Gasteiger partial charge in [0.05, 0.1) is 0 Å². The highest BCUT2D eigenvalue weighted by atomic mass is 14.9. The van der Waals surface area contributed by atoms with Crippen molar-refractivity contribution < 1.29 is 0 Å². The molecule has 1 N–H and O–H groups in total. The Labute approximate surface area is 97.2 Å². The van der Waals surface area contributed by atoms with Crippen LogP contribution in [0, 0.1) is 5.41 Å². The minimum atomic E-state index is 0.737. The molecule has 1 fully saturated rings. The molecule has 0 radical (unpaired) electrons. The monoisotopic (exact) mass is 213 g/mol. The van der Waals surface area contributed by atoms with Gasteiger partial charge in [-0.3, -0.25) is 0 Å². The Hall–Kier alpha value is -0.820. The van der Waals surface area contributed by atoms with Gasteiger partial charge in [0.2, 0.25) is 0 Å². The Morgan fingerprint density at radius 2 is 2.06 bits per heavy atom. The molecule has 0 saturated heterocycles. The summed E-state index contributed by atoms with van der Waals surface area (Å²) in [6, 6.07) is 6.98. The fourth-order valence-electron chi connectivity index (χ4n) is 3.90. The van der Waals surface area contributed by atoms with Crippen molar-refractivity contribution in [1.82, 2.24) is 5.32 Å². The van der Waals surface area contributed by atoms with E-state index in [9.17, 15) is 0 Å². The second-order valence-corrected chi connectivity index (χ2v) is 6.03. The van der Waals surface area contributed by atoms with Crippen LogP contribution in [0.15, 0.2) is 18.2 Å². The van der Waals surface area contributed by atoms with Crippen LogP contribution in [0.5, 0.6) is 0 Å². The number of hydrogen-bond donors (Lipinski definition) is 1. The lowest BCUT2D eigenvalue weighted by molar-refractivity contribution is 0.370. The first kappa shape index (κ1) is 9.23. The summed E-state index contributed by atoms with van der Waals surface area (Å²) in [4.78, 5) is 0. The van der Waals surface area contributed by atoms with E-state index in [4.69, 9.17) is 0 Å². The highest BCUT2D eigenvalue weighted by Gasteiger charge is 2.47. The summed E-state index contributed by atoms with van der Waals surface area (Å²) in [5.74, 6) is 0.859. The summed E-state index contributed by atoms with van der Waals surface area (Å²) in [6.45, 7) is 2.29. The molecule has 16 heavy (non-hydrogen) atoms. The fourth-order valence-corrected chi connectivity index (χ4v) is 3.90. The van der Waals surface area contributed by atoms with E-state index in [0.717, 1.165) is 17.9 Å². The molecule has 1 spiro atoms. The molecule has 1 nitrogen and oxygen atoms in total. The van der Waals surface area contributed by atoms with Crippen LogP contribution in [0.2, 0.25) is 0 Å². The van der Waals surface area contributed by atoms with Crippen LogP contribution < -0.4 is 5.32 Å². The molecule has 1 saturated carbocycles. The van der Waals surface area contributed by atoms with Crippen molar-refractivity contribution in [1.29, 1.82) is 0 Å². The fraction of sp³-hybridized carbons (Fsp3) is 0.600. The molecular weight excluding hydrogens is 194 g/mol. The van der Waals surface area contributed by atoms with Gasteiger partial charge in [0.25, 0.3) is 0 Å². The molecule has 1 aliphatic heterocycles. The number of benzene rings is 1. The van der Waals surface area contributed by atoms with Gasteiger partial charge in [-0.15, -0.1) is 0 Å². The van der Waals surface area contributed by atoms with E-state index >= 15 is 0 Å². The van der Waals surface area contributed by atoms with Crippen LogP contribution in [0.1, 0.15) is 48.3 Å². The first-order valence-electron chi connectivity index (χ1n) is 6.68. The zero-order valence-corrected chi connectivity index (χ0v) is 9.76. The minimum Gasteiger partial charge on any atom is -0.313 e. The maximum absolute atomic E-state index is 3.57. The third kappa shape index (κ3) is 1.27. The molecular formula is C15H19N. The van der Waals surface area contributed by atoms with E-state index in [2.05, 4.69) is 23.5 Å². The summed E-state index contributed by atoms with van der Waals surface area (Å²) in [5, 5.41) is 3.57. The number of rotatable bonds is 0. The molecule has 84 valence electrons. The van der Waals surface area contributed by atoms with Gasteiger partial charge >= 0.3 is 0 Å². The summed E-state index contributed by atoms with van der Waals surface area (Å²) >= 11 is 0. The van der Waals surface area contributed by atoms with Gasteiger partial charge in [-0.25, -0.2) is 0 Å². The van der Waals surface area contributed by atoms with Gasteiger partial charge in [0.15, 0.2) is 0 Å². The van der Waals surface area contributed by atoms with Crippen LogP contribution in [0.25, 0.3) is 0 Å². The quantitative estimate of drug-likeness (QED) is 0.698. The van der Waals surface area contributed by atoms with E-state index in [1.54, 1.807) is 16.7 Å². The number of hydrogen-bond acceptors (Lipinski definition) is 1. The van der Waals surface area contributed by atoms with E-state index in [1.165, 1.54) is 38.6 Å². The maximum atomic E-state index is 3.57. The average Bonchev–Trinajstić information content (AvgIpc) is 3.05. The molecule has 1 aromatic rings. The summed E-state index contributed by atoms with van der Waals surface area (Å²) in [7, 11) is 0. The molecule has 0 aromatic heterocycles. The summed E-state index contributed by atoms with van der Waals surface area (Å²) in [6.07, 6.45) is 7.17. The van der Waals surface area contributed by atoms with Gasteiger partial charge in [0, 0.05) is 6.54 Å². The molecule has 1 atom stereocenters. The Morgan fingerprint density at radius 1 is 1.19 bits per heavy atom. The van der Waals surface area contributed by atoms with Crippen LogP contribution in [0.4, 0.5) is 0 Å². The molecule has 4 rings (SSSR count). The lowest BCUT2D eigenvalue weighted by Gasteiger charge is -2.32. The van der Waals surface area contributed by atoms with Crippen molar-refractivity contribution in [2.45, 2.75) is 44.6 Å². The molecule has 1 aromatic carbocycles. The van der Waals surface area contributed by atoms with E-state index < -0.39 is 0 Å². The van der Waals surface area contributed by atoms with Gasteiger partial charge in [-0.1, -0.05) is 18.2 Å². The third-order valence-corrected chi connectivity index (χ3v) is 4.88. The van der Waals surface area contributed by atoms with E-state index in [0.29, 0.717) is 0 Å². The minimum absolute atomic E-state index is 0.737. The van der Waals surface area contributed by atoms with Crippen molar-refractivity contribution in [2.75, 3.05) is 6.54 Å². The zero-order chi connectivity index (χ0) is 10.6. The average molecular weight is 213 g/mol. The Balaban J connectivity index is 1.86. The lowest BCUT2D eigenvalue weighted by Crippen LogP contribution is -2.20. The molecule has 1 heterocycles. The van der Waals surface area contributed by atoms with Crippen LogP contribution in [-0.4, -0.2) is 6.54 Å². The predicted molar refractivity (Wildman–Crippen MR) is 65.5 cm³/mol. The largest absolute Gasteiger partial charge is 0.313 e. The second kappa shape index (κ2) is 3.10. The molecule has 2 aliphatic carbocycles. The zero-order valence-electron chi connectivity index (χ0n) is 9.76. The van der Waals surface area contributed by atoms with Gasteiger partial charge in [-0.2, -0.15) is 0 Å².